The topological polar surface area (TPSA) is 75.2 Å². The lowest BCUT2D eigenvalue weighted by Crippen LogP contribution is -2.20. The fourth-order valence-corrected chi connectivity index (χ4v) is 4.96. The molecule has 1 fully saturated rings. The smallest absolute Gasteiger partial charge is 0.258 e. The number of amides is 1. The van der Waals surface area contributed by atoms with Crippen LogP contribution >= 0.6 is 0 Å². The molecule has 1 aliphatic heterocycles. The molecule has 0 aliphatic carbocycles. The summed E-state index contributed by atoms with van der Waals surface area (Å²) in [7, 11) is -1.14. The van der Waals surface area contributed by atoms with E-state index in [1.807, 2.05) is 30.3 Å². The van der Waals surface area contributed by atoms with Gasteiger partial charge in [-0.05, 0) is 42.8 Å². The number of carbonyl (C=O) groups excluding carboxylic acids is 1. The molecule has 3 aromatic carbocycles. The van der Waals surface area contributed by atoms with E-state index in [1.165, 1.54) is 12.1 Å². The Labute approximate surface area is 186 Å². The number of carbonyl (C=O) groups is 1. The molecule has 1 aromatic heterocycles. The number of anilines is 2. The van der Waals surface area contributed by atoms with E-state index in [9.17, 15) is 13.4 Å². The number of aromatic nitrogens is 2. The van der Waals surface area contributed by atoms with Gasteiger partial charge in [0.05, 0.1) is 16.8 Å². The summed E-state index contributed by atoms with van der Waals surface area (Å²) in [4.78, 5) is 21.7. The molecule has 0 bridgehead atoms. The summed E-state index contributed by atoms with van der Waals surface area (Å²) < 4.78 is 28.3. The van der Waals surface area contributed by atoms with Gasteiger partial charge in [0.1, 0.15) is 16.8 Å². The number of hydrogen-bond acceptors (Lipinski definition) is 4. The third-order valence-corrected chi connectivity index (χ3v) is 6.80. The van der Waals surface area contributed by atoms with Gasteiger partial charge in [0.15, 0.2) is 5.82 Å². The van der Waals surface area contributed by atoms with Crippen molar-refractivity contribution in [3.8, 4) is 11.4 Å². The molecule has 1 N–H and O–H groups in total. The first-order valence-electron chi connectivity index (χ1n) is 10.2. The van der Waals surface area contributed by atoms with Crippen molar-refractivity contribution in [2.75, 3.05) is 21.9 Å². The van der Waals surface area contributed by atoms with Crippen LogP contribution in [-0.4, -0.2) is 32.4 Å². The largest absolute Gasteiger partial charge is 0.322 e. The van der Waals surface area contributed by atoms with Crippen LogP contribution in [0.2, 0.25) is 0 Å². The van der Waals surface area contributed by atoms with E-state index in [4.69, 9.17) is 0 Å². The number of halogens is 1. The van der Waals surface area contributed by atoms with E-state index in [0.717, 1.165) is 22.9 Å². The zero-order chi connectivity index (χ0) is 22.1. The van der Waals surface area contributed by atoms with Gasteiger partial charge in [0, 0.05) is 35.1 Å². The minimum atomic E-state index is -1.14. The van der Waals surface area contributed by atoms with Crippen molar-refractivity contribution in [3.05, 3.63) is 84.3 Å². The first kappa shape index (κ1) is 20.3. The third-order valence-electron chi connectivity index (χ3n) is 5.28. The summed E-state index contributed by atoms with van der Waals surface area (Å²) in [5.41, 5.74) is 2.51. The van der Waals surface area contributed by atoms with E-state index >= 15 is 0 Å². The standard InChI is InChI=1S/C24H19FN4O2S/c25-21-14-19(29-11-4-12-32(29)31)9-10-20(21)24(30)27-18-7-3-6-16(13-18)23-26-15-17-5-1-2-8-22(17)28-23/h1-3,5-10,13-15H,4,11-12H2,(H,27,30). The zero-order valence-corrected chi connectivity index (χ0v) is 17.8. The number of nitrogens with zero attached hydrogens (tertiary/aromatic N) is 3. The summed E-state index contributed by atoms with van der Waals surface area (Å²) in [5, 5.41) is 3.68. The van der Waals surface area contributed by atoms with Crippen LogP contribution in [-0.2, 0) is 11.0 Å². The molecular formula is C24H19FN4O2S. The summed E-state index contributed by atoms with van der Waals surface area (Å²) in [6.07, 6.45) is 2.56. The zero-order valence-electron chi connectivity index (χ0n) is 17.0. The number of hydrogen-bond donors (Lipinski definition) is 1. The van der Waals surface area contributed by atoms with Crippen molar-refractivity contribution >= 4 is 39.2 Å². The monoisotopic (exact) mass is 446 g/mol. The first-order chi connectivity index (χ1) is 15.6. The number of fused-ring (bicyclic) bond motifs is 1. The van der Waals surface area contributed by atoms with Crippen LogP contribution < -0.4 is 9.62 Å². The maximum atomic E-state index is 14.7. The Balaban J connectivity index is 1.37. The highest BCUT2D eigenvalue weighted by atomic mass is 32.2. The van der Waals surface area contributed by atoms with Crippen molar-refractivity contribution in [1.82, 2.24) is 9.97 Å². The maximum Gasteiger partial charge on any atom is 0.258 e. The minimum absolute atomic E-state index is 0.0777. The average Bonchev–Trinajstić information content (AvgIpc) is 3.24. The lowest BCUT2D eigenvalue weighted by atomic mass is 10.1. The molecule has 0 spiro atoms. The maximum absolute atomic E-state index is 14.7. The Morgan fingerprint density at radius 3 is 2.75 bits per heavy atom. The molecule has 2 heterocycles. The van der Waals surface area contributed by atoms with E-state index in [-0.39, 0.29) is 5.56 Å². The molecule has 0 radical (unpaired) electrons. The second-order valence-electron chi connectivity index (χ2n) is 7.43. The molecule has 160 valence electrons. The number of para-hydroxylation sites is 1. The third kappa shape index (κ3) is 3.97. The predicted molar refractivity (Wildman–Crippen MR) is 124 cm³/mol. The SMILES string of the molecule is O=C(Nc1cccc(-c2ncc3ccccc3n2)c1)c1ccc(N2CCCS2=O)cc1F. The molecule has 1 atom stereocenters. The molecule has 1 amide bonds. The van der Waals surface area contributed by atoms with Gasteiger partial charge < -0.3 is 5.32 Å². The summed E-state index contributed by atoms with van der Waals surface area (Å²) in [5.74, 6) is -0.110. The van der Waals surface area contributed by atoms with Gasteiger partial charge in [0.25, 0.3) is 5.91 Å². The van der Waals surface area contributed by atoms with Gasteiger partial charge in [-0.25, -0.2) is 18.6 Å². The number of benzene rings is 3. The van der Waals surface area contributed by atoms with E-state index < -0.39 is 22.7 Å². The number of nitrogens with one attached hydrogen (secondary N) is 1. The van der Waals surface area contributed by atoms with Crippen LogP contribution in [0.25, 0.3) is 22.3 Å². The lowest BCUT2D eigenvalue weighted by molar-refractivity contribution is 0.102. The molecular weight excluding hydrogens is 427 g/mol. The van der Waals surface area contributed by atoms with Crippen molar-refractivity contribution in [2.45, 2.75) is 6.42 Å². The highest BCUT2D eigenvalue weighted by Crippen LogP contribution is 2.25. The van der Waals surface area contributed by atoms with Crippen LogP contribution in [0.15, 0.2) is 72.9 Å². The van der Waals surface area contributed by atoms with Gasteiger partial charge in [-0.15, -0.1) is 0 Å². The Morgan fingerprint density at radius 1 is 1.06 bits per heavy atom. The fraction of sp³-hybridized carbons (Fsp3) is 0.125. The van der Waals surface area contributed by atoms with Crippen LogP contribution in [0.5, 0.6) is 0 Å². The summed E-state index contributed by atoms with van der Waals surface area (Å²) in [6.45, 7) is 0.612. The first-order valence-corrected chi connectivity index (χ1v) is 11.5. The average molecular weight is 447 g/mol. The molecule has 32 heavy (non-hydrogen) atoms. The van der Waals surface area contributed by atoms with Gasteiger partial charge in [-0.2, -0.15) is 0 Å². The second-order valence-corrected chi connectivity index (χ2v) is 8.92. The highest BCUT2D eigenvalue weighted by molar-refractivity contribution is 7.86. The molecule has 6 nitrogen and oxygen atoms in total. The van der Waals surface area contributed by atoms with Gasteiger partial charge in [-0.3, -0.25) is 9.10 Å². The van der Waals surface area contributed by atoms with Crippen LogP contribution in [0.4, 0.5) is 15.8 Å². The van der Waals surface area contributed by atoms with E-state index in [2.05, 4.69) is 15.3 Å². The molecule has 1 unspecified atom stereocenters. The molecule has 8 heteroatoms. The Kier molecular flexibility index (Phi) is 5.36. The minimum Gasteiger partial charge on any atom is -0.322 e. The molecule has 5 rings (SSSR count). The lowest BCUT2D eigenvalue weighted by Gasteiger charge is -2.16. The molecule has 0 saturated carbocycles. The predicted octanol–water partition coefficient (Wildman–Crippen LogP) is 4.56. The van der Waals surface area contributed by atoms with Gasteiger partial charge in [-0.1, -0.05) is 30.3 Å². The van der Waals surface area contributed by atoms with Crippen molar-refractivity contribution < 1.29 is 13.4 Å². The Morgan fingerprint density at radius 2 is 1.94 bits per heavy atom. The highest BCUT2D eigenvalue weighted by Gasteiger charge is 2.22. The van der Waals surface area contributed by atoms with Crippen LogP contribution in [0.3, 0.4) is 0 Å². The quantitative estimate of drug-likeness (QED) is 0.499. The van der Waals surface area contributed by atoms with Gasteiger partial charge in [0.2, 0.25) is 0 Å². The van der Waals surface area contributed by atoms with Crippen molar-refractivity contribution in [1.29, 1.82) is 0 Å². The van der Waals surface area contributed by atoms with Gasteiger partial charge >= 0.3 is 0 Å². The van der Waals surface area contributed by atoms with Crippen molar-refractivity contribution in [3.63, 3.8) is 0 Å². The van der Waals surface area contributed by atoms with E-state index in [0.29, 0.717) is 29.5 Å². The normalized spacial score (nSPS) is 15.8. The Bertz CT molecular complexity index is 1360. The molecule has 1 aliphatic rings. The van der Waals surface area contributed by atoms with E-state index in [1.54, 1.807) is 34.8 Å². The molecule has 1 saturated heterocycles. The summed E-state index contributed by atoms with van der Waals surface area (Å²) in [6, 6.07) is 19.1. The van der Waals surface area contributed by atoms with Crippen LogP contribution in [0.1, 0.15) is 16.8 Å². The van der Waals surface area contributed by atoms with Crippen LogP contribution in [0, 0.1) is 5.82 Å². The van der Waals surface area contributed by atoms with Crippen molar-refractivity contribution in [2.24, 2.45) is 0 Å². The summed E-state index contributed by atoms with van der Waals surface area (Å²) >= 11 is 0. The number of rotatable bonds is 4. The second kappa shape index (κ2) is 8.47. The molecule has 4 aromatic rings. The fourth-order valence-electron chi connectivity index (χ4n) is 3.68. The Hall–Kier alpha value is -3.65.